The molecule has 3 aromatic rings. The van der Waals surface area contributed by atoms with E-state index < -0.39 is 11.8 Å². The number of imide groups is 1. The van der Waals surface area contributed by atoms with Gasteiger partial charge in [0.25, 0.3) is 11.8 Å². The van der Waals surface area contributed by atoms with Crippen molar-refractivity contribution in [3.05, 3.63) is 87.9 Å². The Morgan fingerprint density at radius 1 is 0.800 bits per heavy atom. The number of aryl methyl sites for hydroxylation is 2. The van der Waals surface area contributed by atoms with Crippen molar-refractivity contribution in [3.8, 4) is 0 Å². The molecule has 0 bridgehead atoms. The molecule has 0 saturated carbocycles. The van der Waals surface area contributed by atoms with E-state index in [0.29, 0.717) is 33.2 Å². The molecule has 0 spiro atoms. The van der Waals surface area contributed by atoms with Gasteiger partial charge in [0, 0.05) is 16.4 Å². The van der Waals surface area contributed by atoms with Crippen LogP contribution in [-0.4, -0.2) is 17.8 Å². The highest BCUT2D eigenvalue weighted by molar-refractivity contribution is 6.37. The van der Waals surface area contributed by atoms with Gasteiger partial charge in [-0.3, -0.25) is 9.59 Å². The van der Waals surface area contributed by atoms with Crippen LogP contribution in [0, 0.1) is 13.8 Å². The largest absolute Gasteiger partial charge is 0.323 e. The van der Waals surface area contributed by atoms with Crippen LogP contribution in [0.2, 0.25) is 5.02 Å². The van der Waals surface area contributed by atoms with Gasteiger partial charge in [0.2, 0.25) is 0 Å². The number of carbonyl (C=O) groups excluding carboxylic acids is 3. The molecule has 1 heterocycles. The van der Waals surface area contributed by atoms with E-state index in [1.807, 2.05) is 31.2 Å². The normalized spacial score (nSPS) is 12.7. The Balaban J connectivity index is 1.52. The summed E-state index contributed by atoms with van der Waals surface area (Å²) in [5.74, 6) is -0.814. The van der Waals surface area contributed by atoms with Crippen LogP contribution in [0.3, 0.4) is 0 Å². The van der Waals surface area contributed by atoms with Crippen LogP contribution in [0.4, 0.5) is 21.9 Å². The topological polar surface area (TPSA) is 78.5 Å². The zero-order valence-electron chi connectivity index (χ0n) is 16.3. The SMILES string of the molecule is Cc1ccc(NC(=O)Nc2ccc(N3C(=O)c4ccc(Cl)cc4C3=O)c(C)c2)cc1. The van der Waals surface area contributed by atoms with Crippen LogP contribution in [-0.2, 0) is 0 Å². The van der Waals surface area contributed by atoms with Crippen molar-refractivity contribution in [2.75, 3.05) is 15.5 Å². The molecule has 0 saturated heterocycles. The summed E-state index contributed by atoms with van der Waals surface area (Å²) in [5.41, 5.74) is 4.06. The van der Waals surface area contributed by atoms with Crippen LogP contribution < -0.4 is 15.5 Å². The van der Waals surface area contributed by atoms with Crippen molar-refractivity contribution in [1.82, 2.24) is 0 Å². The summed E-state index contributed by atoms with van der Waals surface area (Å²) in [6.45, 7) is 3.74. The van der Waals surface area contributed by atoms with E-state index in [1.165, 1.54) is 6.07 Å². The zero-order valence-corrected chi connectivity index (χ0v) is 17.1. The first-order valence-corrected chi connectivity index (χ1v) is 9.65. The minimum atomic E-state index is -0.418. The van der Waals surface area contributed by atoms with Crippen molar-refractivity contribution in [2.45, 2.75) is 13.8 Å². The summed E-state index contributed by atoms with van der Waals surface area (Å²) in [5, 5.41) is 5.91. The molecule has 4 amide bonds. The molecule has 0 aliphatic carbocycles. The number of nitrogens with one attached hydrogen (secondary N) is 2. The average Bonchev–Trinajstić information content (AvgIpc) is 2.94. The molecule has 1 aliphatic heterocycles. The number of nitrogens with zero attached hydrogens (tertiary/aromatic N) is 1. The second kappa shape index (κ2) is 7.65. The third-order valence-corrected chi connectivity index (χ3v) is 5.09. The number of urea groups is 1. The quantitative estimate of drug-likeness (QED) is 0.558. The van der Waals surface area contributed by atoms with E-state index in [0.717, 1.165) is 10.5 Å². The fourth-order valence-electron chi connectivity index (χ4n) is 3.35. The Kier molecular flexibility index (Phi) is 5.01. The molecule has 6 nitrogen and oxygen atoms in total. The van der Waals surface area contributed by atoms with Crippen molar-refractivity contribution < 1.29 is 14.4 Å². The molecular weight excluding hydrogens is 402 g/mol. The molecule has 0 unspecified atom stereocenters. The molecule has 30 heavy (non-hydrogen) atoms. The van der Waals surface area contributed by atoms with Crippen LogP contribution in [0.5, 0.6) is 0 Å². The van der Waals surface area contributed by atoms with E-state index in [9.17, 15) is 14.4 Å². The predicted octanol–water partition coefficient (Wildman–Crippen LogP) is 5.40. The summed E-state index contributed by atoms with van der Waals surface area (Å²) >= 11 is 5.97. The van der Waals surface area contributed by atoms with Gasteiger partial charge in [-0.15, -0.1) is 0 Å². The van der Waals surface area contributed by atoms with Crippen LogP contribution in [0.15, 0.2) is 60.7 Å². The molecule has 0 radical (unpaired) electrons. The van der Waals surface area contributed by atoms with Crippen molar-refractivity contribution in [3.63, 3.8) is 0 Å². The molecule has 1 aliphatic rings. The van der Waals surface area contributed by atoms with Gasteiger partial charge in [0.05, 0.1) is 16.8 Å². The van der Waals surface area contributed by atoms with Gasteiger partial charge in [-0.1, -0.05) is 29.3 Å². The number of amides is 4. The minimum absolute atomic E-state index is 0.284. The van der Waals surface area contributed by atoms with Crippen LogP contribution in [0.25, 0.3) is 0 Å². The molecule has 7 heteroatoms. The van der Waals surface area contributed by atoms with Gasteiger partial charge in [0.15, 0.2) is 0 Å². The Bertz CT molecular complexity index is 1190. The monoisotopic (exact) mass is 419 g/mol. The first-order chi connectivity index (χ1) is 14.3. The summed E-state index contributed by atoms with van der Waals surface area (Å²) in [6, 6.07) is 16.7. The maximum atomic E-state index is 12.8. The lowest BCUT2D eigenvalue weighted by Gasteiger charge is -2.18. The maximum absolute atomic E-state index is 12.8. The van der Waals surface area contributed by atoms with E-state index in [1.54, 1.807) is 37.3 Å². The summed E-state index contributed by atoms with van der Waals surface area (Å²) in [6.07, 6.45) is 0. The lowest BCUT2D eigenvalue weighted by atomic mass is 10.1. The third kappa shape index (κ3) is 3.65. The Morgan fingerprint density at radius 2 is 1.43 bits per heavy atom. The molecule has 2 N–H and O–H groups in total. The number of halogens is 1. The smallest absolute Gasteiger partial charge is 0.308 e. The third-order valence-electron chi connectivity index (χ3n) is 4.85. The number of fused-ring (bicyclic) bond motifs is 1. The lowest BCUT2D eigenvalue weighted by molar-refractivity contribution is 0.0926. The first-order valence-electron chi connectivity index (χ1n) is 9.27. The Labute approximate surface area is 178 Å². The zero-order chi connectivity index (χ0) is 21.4. The van der Waals surface area contributed by atoms with Gasteiger partial charge < -0.3 is 10.6 Å². The second-order valence-electron chi connectivity index (χ2n) is 7.08. The number of benzene rings is 3. The first kappa shape index (κ1) is 19.7. The predicted molar refractivity (Wildman–Crippen MR) is 118 cm³/mol. The Morgan fingerprint density at radius 3 is 2.13 bits per heavy atom. The highest BCUT2D eigenvalue weighted by Crippen LogP contribution is 2.33. The maximum Gasteiger partial charge on any atom is 0.323 e. The van der Waals surface area contributed by atoms with Crippen LogP contribution in [0.1, 0.15) is 31.8 Å². The number of hydrogen-bond donors (Lipinski definition) is 2. The average molecular weight is 420 g/mol. The van der Waals surface area contributed by atoms with E-state index in [-0.39, 0.29) is 11.6 Å². The van der Waals surface area contributed by atoms with Gasteiger partial charge in [-0.25, -0.2) is 9.69 Å². The Hall–Kier alpha value is -3.64. The molecule has 4 rings (SSSR count). The molecule has 3 aromatic carbocycles. The summed E-state index contributed by atoms with van der Waals surface area (Å²) in [7, 11) is 0. The number of carbonyl (C=O) groups is 3. The van der Waals surface area contributed by atoms with Gasteiger partial charge in [-0.05, 0) is 67.9 Å². The van der Waals surface area contributed by atoms with Crippen molar-refractivity contribution >= 4 is 46.5 Å². The van der Waals surface area contributed by atoms with Crippen molar-refractivity contribution in [2.24, 2.45) is 0 Å². The molecule has 0 fully saturated rings. The standard InChI is InChI=1S/C23H18ClN3O3/c1-13-3-6-16(7-4-13)25-23(30)26-17-8-10-20(14(2)11-17)27-21(28)18-9-5-15(24)12-19(18)22(27)29/h3-12H,1-2H3,(H2,25,26,30). The molecular formula is C23H18ClN3O3. The molecule has 0 aromatic heterocycles. The molecule has 150 valence electrons. The summed E-state index contributed by atoms with van der Waals surface area (Å²) < 4.78 is 0. The number of anilines is 3. The highest BCUT2D eigenvalue weighted by atomic mass is 35.5. The second-order valence-corrected chi connectivity index (χ2v) is 7.52. The summed E-state index contributed by atoms with van der Waals surface area (Å²) in [4.78, 5) is 38.9. The fourth-order valence-corrected chi connectivity index (χ4v) is 3.52. The van der Waals surface area contributed by atoms with E-state index in [4.69, 9.17) is 11.6 Å². The number of hydrogen-bond acceptors (Lipinski definition) is 3. The number of rotatable bonds is 3. The van der Waals surface area contributed by atoms with Gasteiger partial charge in [0.1, 0.15) is 0 Å². The van der Waals surface area contributed by atoms with Gasteiger partial charge >= 0.3 is 6.03 Å². The molecule has 0 atom stereocenters. The van der Waals surface area contributed by atoms with Gasteiger partial charge in [-0.2, -0.15) is 0 Å². The lowest BCUT2D eigenvalue weighted by Crippen LogP contribution is -2.30. The van der Waals surface area contributed by atoms with E-state index in [2.05, 4.69) is 10.6 Å². The van der Waals surface area contributed by atoms with Crippen molar-refractivity contribution in [1.29, 1.82) is 0 Å². The van der Waals surface area contributed by atoms with Crippen LogP contribution >= 0.6 is 11.6 Å². The highest BCUT2D eigenvalue weighted by Gasteiger charge is 2.37. The fraction of sp³-hybridized carbons (Fsp3) is 0.0870. The van der Waals surface area contributed by atoms with E-state index >= 15 is 0 Å². The minimum Gasteiger partial charge on any atom is -0.308 e.